The van der Waals surface area contributed by atoms with Gasteiger partial charge >= 0.3 is 0 Å². The summed E-state index contributed by atoms with van der Waals surface area (Å²) in [5.41, 5.74) is 0. The molecule has 17 heavy (non-hydrogen) atoms. The smallest absolute Gasteiger partial charge is 0.147 e. The summed E-state index contributed by atoms with van der Waals surface area (Å²) >= 11 is 0. The van der Waals surface area contributed by atoms with E-state index in [0.29, 0.717) is 19.0 Å². The molecular formula is C14H27NO2. The molecule has 1 aliphatic carbocycles. The molecule has 3 atom stereocenters. The van der Waals surface area contributed by atoms with Crippen molar-refractivity contribution in [2.24, 2.45) is 5.92 Å². The predicted octanol–water partition coefficient (Wildman–Crippen LogP) is 2.65. The lowest BCUT2D eigenvalue weighted by Crippen LogP contribution is -2.38. The molecule has 3 heteroatoms. The third-order valence-corrected chi connectivity index (χ3v) is 4.00. The number of hydrogen-bond donors (Lipinski definition) is 0. The number of hydrogen-bond acceptors (Lipinski definition) is 3. The van der Waals surface area contributed by atoms with Gasteiger partial charge in [0, 0.05) is 6.54 Å². The molecule has 0 spiro atoms. The summed E-state index contributed by atoms with van der Waals surface area (Å²) in [7, 11) is 0. The summed E-state index contributed by atoms with van der Waals surface area (Å²) < 4.78 is 11.2. The first-order valence-corrected chi connectivity index (χ1v) is 7.29. The van der Waals surface area contributed by atoms with Crippen LogP contribution in [0, 0.1) is 5.92 Å². The summed E-state index contributed by atoms with van der Waals surface area (Å²) in [5.74, 6) is 0.816. The SMILES string of the molecule is CCCN(CCC)CC1CCC2OCOC2C1. The zero-order valence-corrected chi connectivity index (χ0v) is 11.4. The van der Waals surface area contributed by atoms with Gasteiger partial charge in [0.15, 0.2) is 0 Å². The van der Waals surface area contributed by atoms with Crippen LogP contribution in [-0.2, 0) is 9.47 Å². The van der Waals surface area contributed by atoms with Crippen LogP contribution in [0.25, 0.3) is 0 Å². The number of fused-ring (bicyclic) bond motifs is 1. The second-order valence-electron chi connectivity index (χ2n) is 5.51. The maximum Gasteiger partial charge on any atom is 0.147 e. The Labute approximate surface area is 105 Å². The lowest BCUT2D eigenvalue weighted by Gasteiger charge is -2.33. The van der Waals surface area contributed by atoms with Gasteiger partial charge in [-0.2, -0.15) is 0 Å². The van der Waals surface area contributed by atoms with Crippen molar-refractivity contribution >= 4 is 0 Å². The van der Waals surface area contributed by atoms with E-state index in [4.69, 9.17) is 9.47 Å². The van der Waals surface area contributed by atoms with Gasteiger partial charge in [-0.1, -0.05) is 13.8 Å². The van der Waals surface area contributed by atoms with E-state index in [-0.39, 0.29) is 0 Å². The number of nitrogens with zero attached hydrogens (tertiary/aromatic N) is 1. The number of ether oxygens (including phenoxy) is 2. The van der Waals surface area contributed by atoms with Crippen molar-refractivity contribution in [2.75, 3.05) is 26.4 Å². The molecule has 3 unspecified atom stereocenters. The Morgan fingerprint density at radius 2 is 1.71 bits per heavy atom. The molecular weight excluding hydrogens is 214 g/mol. The molecule has 2 aliphatic rings. The second kappa shape index (κ2) is 6.72. The molecule has 1 heterocycles. The van der Waals surface area contributed by atoms with Gasteiger partial charge in [0.05, 0.1) is 12.2 Å². The molecule has 0 radical (unpaired) electrons. The fourth-order valence-electron chi connectivity index (χ4n) is 3.22. The van der Waals surface area contributed by atoms with Crippen molar-refractivity contribution in [3.8, 4) is 0 Å². The molecule has 0 amide bonds. The molecule has 2 rings (SSSR count). The Balaban J connectivity index is 1.77. The van der Waals surface area contributed by atoms with Crippen LogP contribution in [0.4, 0.5) is 0 Å². The van der Waals surface area contributed by atoms with Crippen LogP contribution in [-0.4, -0.2) is 43.5 Å². The van der Waals surface area contributed by atoms with Gasteiger partial charge in [-0.3, -0.25) is 0 Å². The van der Waals surface area contributed by atoms with Crippen molar-refractivity contribution < 1.29 is 9.47 Å². The third kappa shape index (κ3) is 3.67. The molecule has 0 aromatic heterocycles. The number of rotatable bonds is 6. The highest BCUT2D eigenvalue weighted by Gasteiger charge is 2.36. The minimum Gasteiger partial charge on any atom is -0.349 e. The molecule has 0 aromatic carbocycles. The highest BCUT2D eigenvalue weighted by atomic mass is 16.7. The fraction of sp³-hybridized carbons (Fsp3) is 1.00. The molecule has 0 aromatic rings. The zero-order valence-electron chi connectivity index (χ0n) is 11.4. The van der Waals surface area contributed by atoms with Crippen LogP contribution in [0.15, 0.2) is 0 Å². The Morgan fingerprint density at radius 3 is 2.41 bits per heavy atom. The van der Waals surface area contributed by atoms with E-state index in [0.717, 1.165) is 5.92 Å². The van der Waals surface area contributed by atoms with Crippen molar-refractivity contribution in [2.45, 2.75) is 58.2 Å². The third-order valence-electron chi connectivity index (χ3n) is 4.00. The molecule has 100 valence electrons. The van der Waals surface area contributed by atoms with Gasteiger partial charge in [0.2, 0.25) is 0 Å². The van der Waals surface area contributed by atoms with Crippen LogP contribution >= 0.6 is 0 Å². The molecule has 1 saturated heterocycles. The lowest BCUT2D eigenvalue weighted by atomic mass is 9.85. The van der Waals surface area contributed by atoms with Crippen LogP contribution in [0.5, 0.6) is 0 Å². The van der Waals surface area contributed by atoms with Crippen LogP contribution < -0.4 is 0 Å². The summed E-state index contributed by atoms with van der Waals surface area (Å²) in [4.78, 5) is 2.63. The van der Waals surface area contributed by atoms with Crippen molar-refractivity contribution in [3.63, 3.8) is 0 Å². The molecule has 1 aliphatic heterocycles. The largest absolute Gasteiger partial charge is 0.349 e. The summed E-state index contributed by atoms with van der Waals surface area (Å²) in [5, 5.41) is 0. The topological polar surface area (TPSA) is 21.7 Å². The molecule has 0 N–H and O–H groups in total. The van der Waals surface area contributed by atoms with Gasteiger partial charge in [0.25, 0.3) is 0 Å². The van der Waals surface area contributed by atoms with Crippen LogP contribution in [0.2, 0.25) is 0 Å². The van der Waals surface area contributed by atoms with Crippen molar-refractivity contribution in [3.05, 3.63) is 0 Å². The van der Waals surface area contributed by atoms with Gasteiger partial charge in [-0.05, 0) is 51.1 Å². The van der Waals surface area contributed by atoms with E-state index in [2.05, 4.69) is 18.7 Å². The second-order valence-corrected chi connectivity index (χ2v) is 5.51. The minimum atomic E-state index is 0.388. The summed E-state index contributed by atoms with van der Waals surface area (Å²) in [6.45, 7) is 8.82. The Bertz CT molecular complexity index is 216. The summed E-state index contributed by atoms with van der Waals surface area (Å²) in [6, 6.07) is 0. The molecule has 2 fully saturated rings. The maximum absolute atomic E-state index is 5.65. The summed E-state index contributed by atoms with van der Waals surface area (Å²) in [6.07, 6.45) is 7.03. The van der Waals surface area contributed by atoms with E-state index >= 15 is 0 Å². The molecule has 3 nitrogen and oxygen atoms in total. The average molecular weight is 241 g/mol. The first kappa shape index (κ1) is 13.3. The fourth-order valence-corrected chi connectivity index (χ4v) is 3.22. The van der Waals surface area contributed by atoms with Crippen LogP contribution in [0.1, 0.15) is 46.0 Å². The van der Waals surface area contributed by atoms with Crippen LogP contribution in [0.3, 0.4) is 0 Å². The normalized spacial score (nSPS) is 33.0. The van der Waals surface area contributed by atoms with E-state index in [9.17, 15) is 0 Å². The Hall–Kier alpha value is -0.120. The van der Waals surface area contributed by atoms with Crippen molar-refractivity contribution in [1.29, 1.82) is 0 Å². The maximum atomic E-state index is 5.65. The van der Waals surface area contributed by atoms with E-state index in [1.807, 2.05) is 0 Å². The van der Waals surface area contributed by atoms with Gasteiger partial charge in [-0.15, -0.1) is 0 Å². The monoisotopic (exact) mass is 241 g/mol. The predicted molar refractivity (Wildman–Crippen MR) is 69.0 cm³/mol. The highest BCUT2D eigenvalue weighted by Crippen LogP contribution is 2.32. The first-order chi connectivity index (χ1) is 8.33. The first-order valence-electron chi connectivity index (χ1n) is 7.29. The van der Waals surface area contributed by atoms with E-state index in [1.165, 1.54) is 51.7 Å². The van der Waals surface area contributed by atoms with Gasteiger partial charge in [0.1, 0.15) is 6.79 Å². The van der Waals surface area contributed by atoms with Gasteiger partial charge < -0.3 is 14.4 Å². The van der Waals surface area contributed by atoms with E-state index in [1.54, 1.807) is 0 Å². The standard InChI is InChI=1S/C14H27NO2/c1-3-7-15(8-4-2)10-12-5-6-13-14(9-12)17-11-16-13/h12-14H,3-11H2,1-2H3. The minimum absolute atomic E-state index is 0.388. The van der Waals surface area contributed by atoms with Crippen molar-refractivity contribution in [1.82, 2.24) is 4.90 Å². The van der Waals surface area contributed by atoms with Gasteiger partial charge in [-0.25, -0.2) is 0 Å². The quantitative estimate of drug-likeness (QED) is 0.713. The highest BCUT2D eigenvalue weighted by molar-refractivity contribution is 4.85. The molecule has 0 bridgehead atoms. The lowest BCUT2D eigenvalue weighted by molar-refractivity contribution is 0.0381. The zero-order chi connectivity index (χ0) is 12.1. The molecule has 1 saturated carbocycles. The average Bonchev–Trinajstić information content (AvgIpc) is 2.77. The van der Waals surface area contributed by atoms with E-state index < -0.39 is 0 Å². The Morgan fingerprint density at radius 1 is 1.00 bits per heavy atom. The Kier molecular flexibility index (Phi) is 5.26.